The molecule has 2 atom stereocenters. The van der Waals surface area contributed by atoms with Crippen LogP contribution in [0.3, 0.4) is 0 Å². The zero-order valence-electron chi connectivity index (χ0n) is 7.22. The first-order chi connectivity index (χ1) is 6.40. The molecule has 2 rings (SSSR count). The van der Waals surface area contributed by atoms with E-state index in [0.29, 0.717) is 6.61 Å². The standard InChI is InChI=1S/C10H12O3/c11-6-9-7-12-10(13-9)8-4-2-1-3-5-8/h1-5,9-11H,6-7H2. The molecule has 0 spiro atoms. The average Bonchev–Trinajstić information content (AvgIpc) is 2.67. The van der Waals surface area contributed by atoms with Gasteiger partial charge in [-0.05, 0) is 0 Å². The highest BCUT2D eigenvalue weighted by molar-refractivity contribution is 5.16. The van der Waals surface area contributed by atoms with Gasteiger partial charge in [0.15, 0.2) is 6.29 Å². The molecule has 1 heterocycles. The van der Waals surface area contributed by atoms with Gasteiger partial charge in [0.05, 0.1) is 13.2 Å². The minimum atomic E-state index is -0.307. The number of rotatable bonds is 2. The van der Waals surface area contributed by atoms with E-state index >= 15 is 0 Å². The molecule has 0 amide bonds. The molecule has 1 saturated heterocycles. The van der Waals surface area contributed by atoms with Crippen LogP contribution in [0.2, 0.25) is 0 Å². The smallest absolute Gasteiger partial charge is 0.184 e. The van der Waals surface area contributed by atoms with Crippen LogP contribution in [0.25, 0.3) is 0 Å². The first-order valence-electron chi connectivity index (χ1n) is 4.33. The summed E-state index contributed by atoms with van der Waals surface area (Å²) in [5, 5.41) is 8.83. The van der Waals surface area contributed by atoms with E-state index in [1.807, 2.05) is 30.3 Å². The lowest BCUT2D eigenvalue weighted by molar-refractivity contribution is -0.0675. The Balaban J connectivity index is 2.04. The van der Waals surface area contributed by atoms with Crippen molar-refractivity contribution in [2.24, 2.45) is 0 Å². The van der Waals surface area contributed by atoms with Gasteiger partial charge in [-0.15, -0.1) is 0 Å². The summed E-state index contributed by atoms with van der Waals surface area (Å²) in [6, 6.07) is 9.72. The molecule has 70 valence electrons. The lowest BCUT2D eigenvalue weighted by Crippen LogP contribution is -2.14. The quantitative estimate of drug-likeness (QED) is 0.740. The molecule has 0 saturated carbocycles. The highest BCUT2D eigenvalue weighted by Crippen LogP contribution is 2.25. The van der Waals surface area contributed by atoms with Gasteiger partial charge < -0.3 is 14.6 Å². The predicted octanol–water partition coefficient (Wildman–Crippen LogP) is 1.09. The summed E-state index contributed by atoms with van der Waals surface area (Å²) in [4.78, 5) is 0. The van der Waals surface area contributed by atoms with Crippen molar-refractivity contribution >= 4 is 0 Å². The number of hydrogen-bond donors (Lipinski definition) is 1. The van der Waals surface area contributed by atoms with Crippen LogP contribution in [0.15, 0.2) is 30.3 Å². The fraction of sp³-hybridized carbons (Fsp3) is 0.400. The van der Waals surface area contributed by atoms with E-state index in [9.17, 15) is 0 Å². The third-order valence-electron chi connectivity index (χ3n) is 2.02. The van der Waals surface area contributed by atoms with Gasteiger partial charge in [-0.3, -0.25) is 0 Å². The molecule has 1 N–H and O–H groups in total. The van der Waals surface area contributed by atoms with E-state index in [0.717, 1.165) is 5.56 Å². The second-order valence-corrected chi connectivity index (χ2v) is 3.02. The summed E-state index contributed by atoms with van der Waals surface area (Å²) in [5.74, 6) is 0. The van der Waals surface area contributed by atoms with Gasteiger partial charge in [0.1, 0.15) is 6.10 Å². The van der Waals surface area contributed by atoms with Crippen molar-refractivity contribution in [1.29, 1.82) is 0 Å². The van der Waals surface area contributed by atoms with Crippen LogP contribution in [-0.4, -0.2) is 24.4 Å². The third-order valence-corrected chi connectivity index (χ3v) is 2.02. The van der Waals surface area contributed by atoms with E-state index in [2.05, 4.69) is 0 Å². The van der Waals surface area contributed by atoms with Crippen LogP contribution in [0.5, 0.6) is 0 Å². The van der Waals surface area contributed by atoms with Crippen LogP contribution in [0, 0.1) is 0 Å². The largest absolute Gasteiger partial charge is 0.394 e. The minimum absolute atomic E-state index is 0.0172. The highest BCUT2D eigenvalue weighted by atomic mass is 16.7. The first kappa shape index (κ1) is 8.69. The summed E-state index contributed by atoms with van der Waals surface area (Å²) in [5.41, 5.74) is 0.999. The summed E-state index contributed by atoms with van der Waals surface area (Å²) in [6.45, 7) is 0.486. The van der Waals surface area contributed by atoms with Gasteiger partial charge in [0.2, 0.25) is 0 Å². The normalized spacial score (nSPS) is 27.8. The molecule has 13 heavy (non-hydrogen) atoms. The second-order valence-electron chi connectivity index (χ2n) is 3.02. The molecule has 3 heteroatoms. The number of hydrogen-bond acceptors (Lipinski definition) is 3. The van der Waals surface area contributed by atoms with Crippen LogP contribution in [0.1, 0.15) is 11.9 Å². The summed E-state index contributed by atoms with van der Waals surface area (Å²) in [7, 11) is 0. The highest BCUT2D eigenvalue weighted by Gasteiger charge is 2.26. The van der Waals surface area contributed by atoms with E-state index in [-0.39, 0.29) is 19.0 Å². The van der Waals surface area contributed by atoms with Crippen molar-refractivity contribution in [2.75, 3.05) is 13.2 Å². The van der Waals surface area contributed by atoms with Gasteiger partial charge in [0.25, 0.3) is 0 Å². The van der Waals surface area contributed by atoms with Crippen molar-refractivity contribution in [2.45, 2.75) is 12.4 Å². The molecule has 1 aliphatic heterocycles. The third kappa shape index (κ3) is 1.88. The number of aliphatic hydroxyl groups excluding tert-OH is 1. The van der Waals surface area contributed by atoms with E-state index in [1.54, 1.807) is 0 Å². The number of aliphatic hydroxyl groups is 1. The molecular formula is C10H12O3. The monoisotopic (exact) mass is 180 g/mol. The van der Waals surface area contributed by atoms with E-state index < -0.39 is 0 Å². The van der Waals surface area contributed by atoms with Crippen LogP contribution in [0.4, 0.5) is 0 Å². The maximum absolute atomic E-state index is 8.83. The molecular weight excluding hydrogens is 168 g/mol. The molecule has 3 nitrogen and oxygen atoms in total. The lowest BCUT2D eigenvalue weighted by atomic mass is 10.2. The van der Waals surface area contributed by atoms with Crippen molar-refractivity contribution < 1.29 is 14.6 Å². The molecule has 0 radical (unpaired) electrons. The van der Waals surface area contributed by atoms with Crippen molar-refractivity contribution in [1.82, 2.24) is 0 Å². The Hall–Kier alpha value is -0.900. The predicted molar refractivity (Wildman–Crippen MR) is 47.1 cm³/mol. The van der Waals surface area contributed by atoms with Crippen molar-refractivity contribution in [3.05, 3.63) is 35.9 Å². The van der Waals surface area contributed by atoms with Gasteiger partial charge in [-0.1, -0.05) is 30.3 Å². The molecule has 1 fully saturated rings. The van der Waals surface area contributed by atoms with E-state index in [4.69, 9.17) is 14.6 Å². The van der Waals surface area contributed by atoms with Crippen LogP contribution >= 0.6 is 0 Å². The van der Waals surface area contributed by atoms with E-state index in [1.165, 1.54) is 0 Å². The lowest BCUT2D eigenvalue weighted by Gasteiger charge is -2.09. The van der Waals surface area contributed by atoms with Crippen LogP contribution in [-0.2, 0) is 9.47 Å². The van der Waals surface area contributed by atoms with Gasteiger partial charge in [0, 0.05) is 5.56 Å². The minimum Gasteiger partial charge on any atom is -0.394 e. The van der Waals surface area contributed by atoms with Crippen molar-refractivity contribution in [3.8, 4) is 0 Å². The Kier molecular flexibility index (Phi) is 2.59. The number of ether oxygens (including phenoxy) is 2. The molecule has 1 aliphatic rings. The second kappa shape index (κ2) is 3.87. The topological polar surface area (TPSA) is 38.7 Å². The molecule has 0 aromatic heterocycles. The zero-order valence-corrected chi connectivity index (χ0v) is 7.22. The Morgan fingerprint density at radius 3 is 2.69 bits per heavy atom. The Morgan fingerprint density at radius 1 is 1.31 bits per heavy atom. The summed E-state index contributed by atoms with van der Waals surface area (Å²) >= 11 is 0. The Morgan fingerprint density at radius 2 is 2.08 bits per heavy atom. The average molecular weight is 180 g/mol. The van der Waals surface area contributed by atoms with Gasteiger partial charge in [-0.25, -0.2) is 0 Å². The maximum atomic E-state index is 8.83. The fourth-order valence-electron chi connectivity index (χ4n) is 1.33. The summed E-state index contributed by atoms with van der Waals surface area (Å²) in [6.07, 6.45) is -0.483. The molecule has 1 aromatic carbocycles. The zero-order chi connectivity index (χ0) is 9.10. The Bertz CT molecular complexity index is 260. The Labute approximate surface area is 76.9 Å². The fourth-order valence-corrected chi connectivity index (χ4v) is 1.33. The molecule has 1 aromatic rings. The van der Waals surface area contributed by atoms with Crippen molar-refractivity contribution in [3.63, 3.8) is 0 Å². The molecule has 2 unspecified atom stereocenters. The summed E-state index contributed by atoms with van der Waals surface area (Å²) < 4.78 is 10.8. The SMILES string of the molecule is OCC1COC(c2ccccc2)O1. The van der Waals surface area contributed by atoms with Gasteiger partial charge >= 0.3 is 0 Å². The van der Waals surface area contributed by atoms with Gasteiger partial charge in [-0.2, -0.15) is 0 Å². The number of benzene rings is 1. The molecule has 0 bridgehead atoms. The molecule has 0 aliphatic carbocycles. The van der Waals surface area contributed by atoms with Crippen LogP contribution < -0.4 is 0 Å². The first-order valence-corrected chi connectivity index (χ1v) is 4.33. The maximum Gasteiger partial charge on any atom is 0.184 e.